The molecule has 1 atom stereocenters. The fraction of sp³-hybridized carbons (Fsp3) is 0.480. The van der Waals surface area contributed by atoms with E-state index >= 15 is 0 Å². The first kappa shape index (κ1) is 28.1. The number of nitrogens with one attached hydrogen (secondary N) is 2. The second kappa shape index (κ2) is 13.7. The fourth-order valence-electron chi connectivity index (χ4n) is 3.71. The third-order valence-corrected chi connectivity index (χ3v) is 7.80. The average Bonchev–Trinajstić information content (AvgIpc) is 2.85. The van der Waals surface area contributed by atoms with Crippen molar-refractivity contribution >= 4 is 27.3 Å². The molecule has 2 aromatic rings. The fourth-order valence-corrected chi connectivity index (χ4v) is 4.74. The first-order chi connectivity index (χ1) is 16.2. The van der Waals surface area contributed by atoms with Crippen molar-refractivity contribution in [1.29, 1.82) is 0 Å². The highest BCUT2D eigenvalue weighted by atomic mass is 35.5. The molecule has 0 aliphatic carbocycles. The Hall–Kier alpha value is -2.13. The van der Waals surface area contributed by atoms with Crippen LogP contribution in [0.15, 0.2) is 47.4 Å². The molecular formula is C25H36ClN3O4S. The van der Waals surface area contributed by atoms with Crippen molar-refractivity contribution in [1.82, 2.24) is 15.5 Å². The summed E-state index contributed by atoms with van der Waals surface area (Å²) in [6.45, 7) is 9.46. The summed E-state index contributed by atoms with van der Waals surface area (Å²) in [5.74, 6) is -0.0560. The van der Waals surface area contributed by atoms with Gasteiger partial charge in [0.05, 0.1) is 23.3 Å². The van der Waals surface area contributed by atoms with Gasteiger partial charge in [-0.3, -0.25) is 9.69 Å². The van der Waals surface area contributed by atoms with Crippen molar-refractivity contribution in [3.63, 3.8) is 0 Å². The zero-order valence-electron chi connectivity index (χ0n) is 20.4. The molecule has 0 aliphatic heterocycles. The standard InChI is InChI=1S/C25H36ClN3O4S/c1-5-21(29(6-2)18-19-8-10-20(26)11-9-19)17-27-14-15-28-25(30)23-16-22(34(31,32)7-3)12-13-24(23)33-4/h8-13,16,21,27H,5-7,14-15,17-18H2,1-4H3,(H,28,30). The molecule has 0 saturated carbocycles. The van der Waals surface area contributed by atoms with Gasteiger partial charge >= 0.3 is 0 Å². The molecule has 0 radical (unpaired) electrons. The number of amides is 1. The molecule has 1 unspecified atom stereocenters. The van der Waals surface area contributed by atoms with Crippen molar-refractivity contribution in [2.75, 3.05) is 39.0 Å². The second-order valence-corrected chi connectivity index (χ2v) is 10.7. The van der Waals surface area contributed by atoms with E-state index in [4.69, 9.17) is 16.3 Å². The van der Waals surface area contributed by atoms with Crippen LogP contribution in [0.2, 0.25) is 5.02 Å². The maximum atomic E-state index is 12.7. The number of hydrogen-bond donors (Lipinski definition) is 2. The van der Waals surface area contributed by atoms with E-state index in [9.17, 15) is 13.2 Å². The number of carbonyl (C=O) groups excluding carboxylic acids is 1. The largest absolute Gasteiger partial charge is 0.496 e. The summed E-state index contributed by atoms with van der Waals surface area (Å²) in [4.78, 5) is 15.2. The Balaban J connectivity index is 1.89. The van der Waals surface area contributed by atoms with Crippen LogP contribution in [0.4, 0.5) is 0 Å². The highest BCUT2D eigenvalue weighted by molar-refractivity contribution is 7.91. The van der Waals surface area contributed by atoms with E-state index in [-0.39, 0.29) is 22.1 Å². The van der Waals surface area contributed by atoms with Crippen LogP contribution in [0.5, 0.6) is 5.75 Å². The number of nitrogens with zero attached hydrogens (tertiary/aromatic N) is 1. The number of carbonyl (C=O) groups is 1. The van der Waals surface area contributed by atoms with Crippen LogP contribution < -0.4 is 15.4 Å². The Kier molecular flexibility index (Phi) is 11.3. The van der Waals surface area contributed by atoms with Gasteiger partial charge in [-0.1, -0.05) is 44.5 Å². The van der Waals surface area contributed by atoms with E-state index in [0.29, 0.717) is 24.9 Å². The number of likely N-dealkylation sites (N-methyl/N-ethyl adjacent to an activating group) is 1. The monoisotopic (exact) mass is 509 g/mol. The van der Waals surface area contributed by atoms with Crippen molar-refractivity contribution in [2.45, 2.75) is 44.7 Å². The summed E-state index contributed by atoms with van der Waals surface area (Å²) in [6, 6.07) is 12.6. The van der Waals surface area contributed by atoms with E-state index in [0.717, 1.165) is 31.1 Å². The van der Waals surface area contributed by atoms with E-state index in [2.05, 4.69) is 41.5 Å². The Labute approximate surface area is 208 Å². The smallest absolute Gasteiger partial charge is 0.255 e. The topological polar surface area (TPSA) is 87.7 Å². The molecule has 1 amide bonds. The number of ether oxygens (including phenoxy) is 1. The van der Waals surface area contributed by atoms with Crippen LogP contribution in [0.3, 0.4) is 0 Å². The molecule has 2 N–H and O–H groups in total. The molecule has 0 heterocycles. The van der Waals surface area contributed by atoms with Crippen molar-refractivity contribution in [3.8, 4) is 5.75 Å². The number of rotatable bonds is 14. The Morgan fingerprint density at radius 2 is 1.79 bits per heavy atom. The Morgan fingerprint density at radius 3 is 2.38 bits per heavy atom. The number of halogens is 1. The molecule has 0 bridgehead atoms. The Bertz CT molecular complexity index is 1030. The van der Waals surface area contributed by atoms with Gasteiger partial charge in [0.25, 0.3) is 5.91 Å². The zero-order valence-corrected chi connectivity index (χ0v) is 22.0. The average molecular weight is 510 g/mol. The molecule has 9 heteroatoms. The summed E-state index contributed by atoms with van der Waals surface area (Å²) in [7, 11) is -1.96. The maximum absolute atomic E-state index is 12.7. The van der Waals surface area contributed by atoms with Gasteiger partial charge in [0, 0.05) is 37.2 Å². The van der Waals surface area contributed by atoms with Crippen molar-refractivity contribution in [2.24, 2.45) is 0 Å². The highest BCUT2D eigenvalue weighted by Gasteiger charge is 2.19. The number of hydrogen-bond acceptors (Lipinski definition) is 6. The minimum atomic E-state index is -3.42. The molecule has 0 aromatic heterocycles. The normalized spacial score (nSPS) is 12.5. The minimum absolute atomic E-state index is 0.0320. The van der Waals surface area contributed by atoms with Crippen LogP contribution in [0.1, 0.15) is 43.1 Å². The lowest BCUT2D eigenvalue weighted by molar-refractivity contribution is 0.0950. The van der Waals surface area contributed by atoms with Gasteiger partial charge < -0.3 is 15.4 Å². The number of sulfone groups is 1. The van der Waals surface area contributed by atoms with E-state index < -0.39 is 9.84 Å². The van der Waals surface area contributed by atoms with E-state index in [1.165, 1.54) is 30.9 Å². The Morgan fingerprint density at radius 1 is 1.09 bits per heavy atom. The molecule has 2 aromatic carbocycles. The molecule has 34 heavy (non-hydrogen) atoms. The molecule has 0 aliphatic rings. The van der Waals surface area contributed by atoms with Gasteiger partial charge in [-0.2, -0.15) is 0 Å². The molecule has 0 spiro atoms. The zero-order chi connectivity index (χ0) is 25.1. The van der Waals surface area contributed by atoms with E-state index in [1.807, 2.05) is 12.1 Å². The molecule has 7 nitrogen and oxygen atoms in total. The minimum Gasteiger partial charge on any atom is -0.496 e. The molecule has 0 fully saturated rings. The first-order valence-electron chi connectivity index (χ1n) is 11.6. The van der Waals surface area contributed by atoms with Gasteiger partial charge in [0.2, 0.25) is 0 Å². The molecule has 2 rings (SSSR count). The lowest BCUT2D eigenvalue weighted by atomic mass is 10.1. The SMILES string of the molecule is CCC(CNCCNC(=O)c1cc(S(=O)(=O)CC)ccc1OC)N(CC)Cc1ccc(Cl)cc1. The summed E-state index contributed by atoms with van der Waals surface area (Å²) in [6.07, 6.45) is 0.997. The van der Waals surface area contributed by atoms with Crippen LogP contribution >= 0.6 is 11.6 Å². The summed E-state index contributed by atoms with van der Waals surface area (Å²) >= 11 is 6.00. The third-order valence-electron chi connectivity index (χ3n) is 5.81. The van der Waals surface area contributed by atoms with Gasteiger partial charge in [0.1, 0.15) is 5.75 Å². The summed E-state index contributed by atoms with van der Waals surface area (Å²) < 4.78 is 29.6. The van der Waals surface area contributed by atoms with Gasteiger partial charge in [-0.05, 0) is 48.9 Å². The predicted molar refractivity (Wildman–Crippen MR) is 138 cm³/mol. The molecular weight excluding hydrogens is 474 g/mol. The second-order valence-electron chi connectivity index (χ2n) is 7.98. The van der Waals surface area contributed by atoms with Gasteiger partial charge in [-0.25, -0.2) is 8.42 Å². The van der Waals surface area contributed by atoms with Crippen LogP contribution in [0.25, 0.3) is 0 Å². The van der Waals surface area contributed by atoms with Gasteiger partial charge in [0.15, 0.2) is 9.84 Å². The predicted octanol–water partition coefficient (Wildman–Crippen LogP) is 3.76. The number of benzene rings is 2. The summed E-state index contributed by atoms with van der Waals surface area (Å²) in [5.41, 5.74) is 1.43. The number of methoxy groups -OCH3 is 1. The first-order valence-corrected chi connectivity index (χ1v) is 13.7. The van der Waals surface area contributed by atoms with Crippen LogP contribution in [-0.4, -0.2) is 64.3 Å². The molecule has 0 saturated heterocycles. The third kappa shape index (κ3) is 7.98. The van der Waals surface area contributed by atoms with Crippen LogP contribution in [0, 0.1) is 0 Å². The van der Waals surface area contributed by atoms with Gasteiger partial charge in [-0.15, -0.1) is 0 Å². The summed E-state index contributed by atoms with van der Waals surface area (Å²) in [5, 5.41) is 7.00. The molecule has 188 valence electrons. The van der Waals surface area contributed by atoms with Crippen molar-refractivity contribution < 1.29 is 17.9 Å². The quantitative estimate of drug-likeness (QED) is 0.377. The highest BCUT2D eigenvalue weighted by Crippen LogP contribution is 2.23. The van der Waals surface area contributed by atoms with Crippen LogP contribution in [-0.2, 0) is 16.4 Å². The maximum Gasteiger partial charge on any atom is 0.255 e. The lowest BCUT2D eigenvalue weighted by Crippen LogP contribution is -2.43. The van der Waals surface area contributed by atoms with E-state index in [1.54, 1.807) is 6.92 Å². The lowest BCUT2D eigenvalue weighted by Gasteiger charge is -2.30. The van der Waals surface area contributed by atoms with Crippen molar-refractivity contribution in [3.05, 3.63) is 58.6 Å².